The molecule has 5 heteroatoms. The molecule has 2 N–H and O–H groups in total. The first kappa shape index (κ1) is 17.5. The highest BCUT2D eigenvalue weighted by atomic mass is 35.5. The summed E-state index contributed by atoms with van der Waals surface area (Å²) in [6.07, 6.45) is 4.45. The normalized spacial score (nSPS) is 14.3. The van der Waals surface area contributed by atoms with Gasteiger partial charge in [-0.3, -0.25) is 9.59 Å². The van der Waals surface area contributed by atoms with Crippen LogP contribution in [0.2, 0.25) is 5.02 Å². The van der Waals surface area contributed by atoms with E-state index in [1.807, 2.05) is 6.92 Å². The first-order valence-corrected chi connectivity index (χ1v) is 8.89. The van der Waals surface area contributed by atoms with E-state index in [4.69, 9.17) is 11.6 Å². The number of halogens is 1. The van der Waals surface area contributed by atoms with Crippen molar-refractivity contribution in [2.75, 3.05) is 5.32 Å². The minimum absolute atomic E-state index is 0.0765. The Labute approximate surface area is 152 Å². The highest BCUT2D eigenvalue weighted by Crippen LogP contribution is 2.21. The van der Waals surface area contributed by atoms with E-state index in [0.717, 1.165) is 24.1 Å². The summed E-state index contributed by atoms with van der Waals surface area (Å²) in [4.78, 5) is 24.6. The maximum atomic E-state index is 12.4. The van der Waals surface area contributed by atoms with Crippen LogP contribution in [0.15, 0.2) is 42.5 Å². The maximum absolute atomic E-state index is 12.4. The Kier molecular flexibility index (Phi) is 5.39. The van der Waals surface area contributed by atoms with Crippen LogP contribution in [0, 0.1) is 6.92 Å². The topological polar surface area (TPSA) is 58.2 Å². The van der Waals surface area contributed by atoms with Crippen molar-refractivity contribution in [3.8, 4) is 0 Å². The van der Waals surface area contributed by atoms with Crippen LogP contribution in [0.5, 0.6) is 0 Å². The minimum Gasteiger partial charge on any atom is -0.349 e. The maximum Gasteiger partial charge on any atom is 0.255 e. The molecule has 3 rings (SSSR count). The number of hydrogen-bond acceptors (Lipinski definition) is 2. The van der Waals surface area contributed by atoms with Crippen LogP contribution >= 0.6 is 11.6 Å². The smallest absolute Gasteiger partial charge is 0.255 e. The first-order valence-electron chi connectivity index (χ1n) is 8.51. The summed E-state index contributed by atoms with van der Waals surface area (Å²) in [5.74, 6) is -0.291. The molecule has 0 atom stereocenters. The van der Waals surface area contributed by atoms with Crippen molar-refractivity contribution in [2.24, 2.45) is 0 Å². The molecule has 1 saturated carbocycles. The largest absolute Gasteiger partial charge is 0.349 e. The van der Waals surface area contributed by atoms with E-state index in [2.05, 4.69) is 10.6 Å². The summed E-state index contributed by atoms with van der Waals surface area (Å²) in [7, 11) is 0. The molecule has 2 amide bonds. The van der Waals surface area contributed by atoms with Crippen LogP contribution in [0.1, 0.15) is 52.0 Å². The Morgan fingerprint density at radius 1 is 0.960 bits per heavy atom. The summed E-state index contributed by atoms with van der Waals surface area (Å²) in [6.45, 7) is 1.89. The van der Waals surface area contributed by atoms with Crippen LogP contribution in [-0.2, 0) is 0 Å². The van der Waals surface area contributed by atoms with Crippen molar-refractivity contribution >= 4 is 29.1 Å². The molecule has 4 nitrogen and oxygen atoms in total. The Bertz CT molecular complexity index is 781. The number of nitrogens with one attached hydrogen (secondary N) is 2. The van der Waals surface area contributed by atoms with Crippen LogP contribution < -0.4 is 10.6 Å². The standard InChI is InChI=1S/C20H21ClN2O2/c1-13-12-16(21)10-11-18(13)23-20(25)15-8-6-14(7-9-15)19(24)22-17-4-2-3-5-17/h6-12,17H,2-5H2,1H3,(H,22,24)(H,23,25). The van der Waals surface area contributed by atoms with Crippen molar-refractivity contribution < 1.29 is 9.59 Å². The van der Waals surface area contributed by atoms with Gasteiger partial charge in [-0.05, 0) is 67.8 Å². The molecule has 2 aromatic rings. The van der Waals surface area contributed by atoms with Crippen LogP contribution in [0.4, 0.5) is 5.69 Å². The quantitative estimate of drug-likeness (QED) is 0.842. The lowest BCUT2D eigenvalue weighted by atomic mass is 10.1. The van der Waals surface area contributed by atoms with Gasteiger partial charge < -0.3 is 10.6 Å². The van der Waals surface area contributed by atoms with Gasteiger partial charge in [-0.25, -0.2) is 0 Å². The number of aryl methyl sites for hydroxylation is 1. The average Bonchev–Trinajstić information content (AvgIpc) is 3.10. The predicted molar refractivity (Wildman–Crippen MR) is 100 cm³/mol. The van der Waals surface area contributed by atoms with Gasteiger partial charge in [0.1, 0.15) is 0 Å². The molecule has 2 aromatic carbocycles. The third-order valence-electron chi connectivity index (χ3n) is 4.54. The molecule has 1 aliphatic rings. The van der Waals surface area contributed by atoms with Crippen molar-refractivity contribution in [1.29, 1.82) is 0 Å². The average molecular weight is 357 g/mol. The molecule has 0 spiro atoms. The first-order chi connectivity index (χ1) is 12.0. The minimum atomic E-state index is -0.215. The fraction of sp³-hybridized carbons (Fsp3) is 0.300. The van der Waals surface area contributed by atoms with Gasteiger partial charge in [-0.2, -0.15) is 0 Å². The van der Waals surface area contributed by atoms with Gasteiger partial charge in [-0.1, -0.05) is 24.4 Å². The van der Waals surface area contributed by atoms with Gasteiger partial charge in [0.05, 0.1) is 0 Å². The zero-order valence-electron chi connectivity index (χ0n) is 14.1. The SMILES string of the molecule is Cc1cc(Cl)ccc1NC(=O)c1ccc(C(=O)NC2CCCC2)cc1. The van der Waals surface area contributed by atoms with Crippen LogP contribution in [0.3, 0.4) is 0 Å². The van der Waals surface area contributed by atoms with E-state index < -0.39 is 0 Å². The van der Waals surface area contributed by atoms with E-state index >= 15 is 0 Å². The number of carbonyl (C=O) groups excluding carboxylic acids is 2. The van der Waals surface area contributed by atoms with Crippen molar-refractivity contribution in [2.45, 2.75) is 38.6 Å². The second-order valence-corrected chi connectivity index (χ2v) is 6.88. The number of benzene rings is 2. The highest BCUT2D eigenvalue weighted by molar-refractivity contribution is 6.30. The molecule has 1 aliphatic carbocycles. The van der Waals surface area contributed by atoms with Gasteiger partial charge in [-0.15, -0.1) is 0 Å². The molecule has 0 heterocycles. The van der Waals surface area contributed by atoms with E-state index in [1.165, 1.54) is 12.8 Å². The highest BCUT2D eigenvalue weighted by Gasteiger charge is 2.18. The third-order valence-corrected chi connectivity index (χ3v) is 4.77. The number of rotatable bonds is 4. The summed E-state index contributed by atoms with van der Waals surface area (Å²) in [5, 5.41) is 6.54. The van der Waals surface area contributed by atoms with Gasteiger partial charge in [0.15, 0.2) is 0 Å². The molecule has 25 heavy (non-hydrogen) atoms. The summed E-state index contributed by atoms with van der Waals surface area (Å²) >= 11 is 5.93. The third kappa shape index (κ3) is 4.40. The molecular weight excluding hydrogens is 336 g/mol. The Morgan fingerprint density at radius 2 is 1.56 bits per heavy atom. The van der Waals surface area contributed by atoms with Crippen LogP contribution in [0.25, 0.3) is 0 Å². The van der Waals surface area contributed by atoms with Gasteiger partial charge >= 0.3 is 0 Å². The van der Waals surface area contributed by atoms with Gasteiger partial charge in [0.25, 0.3) is 11.8 Å². The zero-order chi connectivity index (χ0) is 17.8. The Balaban J connectivity index is 1.64. The van der Waals surface area contributed by atoms with E-state index in [0.29, 0.717) is 16.1 Å². The molecule has 0 saturated heterocycles. The second-order valence-electron chi connectivity index (χ2n) is 6.45. The molecule has 0 unspecified atom stereocenters. The number of carbonyl (C=O) groups is 2. The Hall–Kier alpha value is -2.33. The lowest BCUT2D eigenvalue weighted by molar-refractivity contribution is 0.0936. The van der Waals surface area contributed by atoms with Crippen molar-refractivity contribution in [3.63, 3.8) is 0 Å². The van der Waals surface area contributed by atoms with Gasteiger partial charge in [0, 0.05) is 27.9 Å². The predicted octanol–water partition coefficient (Wildman–Crippen LogP) is 4.57. The molecule has 0 aromatic heterocycles. The summed E-state index contributed by atoms with van der Waals surface area (Å²) < 4.78 is 0. The molecule has 130 valence electrons. The summed E-state index contributed by atoms with van der Waals surface area (Å²) in [5.41, 5.74) is 2.70. The van der Waals surface area contributed by atoms with E-state index in [-0.39, 0.29) is 17.9 Å². The molecule has 0 aliphatic heterocycles. The number of anilines is 1. The van der Waals surface area contributed by atoms with Crippen molar-refractivity contribution in [3.05, 3.63) is 64.2 Å². The number of amides is 2. The zero-order valence-corrected chi connectivity index (χ0v) is 14.9. The van der Waals surface area contributed by atoms with Crippen molar-refractivity contribution in [1.82, 2.24) is 5.32 Å². The molecule has 1 fully saturated rings. The lowest BCUT2D eigenvalue weighted by Crippen LogP contribution is -2.32. The molecule has 0 radical (unpaired) electrons. The van der Waals surface area contributed by atoms with E-state index in [1.54, 1.807) is 42.5 Å². The number of hydrogen-bond donors (Lipinski definition) is 2. The molecule has 0 bridgehead atoms. The Morgan fingerprint density at radius 3 is 2.16 bits per heavy atom. The lowest BCUT2D eigenvalue weighted by Gasteiger charge is -2.12. The van der Waals surface area contributed by atoms with Gasteiger partial charge in [0.2, 0.25) is 0 Å². The van der Waals surface area contributed by atoms with Crippen LogP contribution in [-0.4, -0.2) is 17.9 Å². The second kappa shape index (κ2) is 7.70. The fourth-order valence-electron chi connectivity index (χ4n) is 3.07. The fourth-order valence-corrected chi connectivity index (χ4v) is 3.30. The summed E-state index contributed by atoms with van der Waals surface area (Å²) in [6, 6.07) is 12.3. The monoisotopic (exact) mass is 356 g/mol. The molecular formula is C20H21ClN2O2. The van der Waals surface area contributed by atoms with E-state index in [9.17, 15) is 9.59 Å².